The number of methoxy groups -OCH3 is 1. The number of nitrogens with one attached hydrogen (secondary N) is 6. The Morgan fingerprint density at radius 3 is 2.54 bits per heavy atom. The molecule has 3 aliphatic heterocycles. The van der Waals surface area contributed by atoms with Crippen LogP contribution in [0, 0.1) is 11.7 Å². The molecule has 1 unspecified atom stereocenters. The molecule has 0 radical (unpaired) electrons. The van der Waals surface area contributed by atoms with Crippen LogP contribution in [0.1, 0.15) is 81.7 Å². The first-order valence-corrected chi connectivity index (χ1v) is 25.6. The number of halogens is 2. The fourth-order valence-electron chi connectivity index (χ4n) is 8.05. The maximum atomic E-state index is 14.0. The lowest BCUT2D eigenvalue weighted by molar-refractivity contribution is -0.136. The zero-order chi connectivity index (χ0) is 51.2. The molecular formula is C48H65ClFN11O10S. The first-order valence-electron chi connectivity index (χ1n) is 24.2. The number of unbranched alkanes of at least 4 members (excludes halogenated alkanes) is 2. The number of ether oxygens (including phenoxy) is 5. The first kappa shape index (κ1) is 55.4. The molecule has 3 aliphatic rings. The Morgan fingerprint density at radius 1 is 0.958 bits per heavy atom. The number of amidine groups is 1. The van der Waals surface area contributed by atoms with Crippen molar-refractivity contribution in [1.82, 2.24) is 51.9 Å². The van der Waals surface area contributed by atoms with Gasteiger partial charge in [0.15, 0.2) is 0 Å². The molecule has 2 saturated heterocycles. The number of rotatable bonds is 30. The highest BCUT2D eigenvalue weighted by molar-refractivity contribution is 8.00. The van der Waals surface area contributed by atoms with Crippen LogP contribution in [0.3, 0.4) is 0 Å². The predicted molar refractivity (Wildman–Crippen MR) is 265 cm³/mol. The van der Waals surface area contributed by atoms with Gasteiger partial charge in [-0.1, -0.05) is 43.1 Å². The van der Waals surface area contributed by atoms with E-state index in [9.17, 15) is 28.4 Å². The highest BCUT2D eigenvalue weighted by atomic mass is 35.5. The average Bonchev–Trinajstić information content (AvgIpc) is 4.09. The van der Waals surface area contributed by atoms with Crippen LogP contribution >= 0.6 is 23.4 Å². The Hall–Kier alpha value is -5.88. The van der Waals surface area contributed by atoms with E-state index < -0.39 is 30.0 Å². The Morgan fingerprint density at radius 2 is 1.76 bits per heavy atom. The molecule has 0 bridgehead atoms. The van der Waals surface area contributed by atoms with Crippen molar-refractivity contribution in [3.63, 3.8) is 0 Å². The van der Waals surface area contributed by atoms with Gasteiger partial charge in [-0.15, -0.1) is 5.10 Å². The fraction of sp³-hybridized carbons (Fsp3) is 0.562. The molecule has 0 saturated carbocycles. The Balaban J connectivity index is 0.881. The lowest BCUT2D eigenvalue weighted by Crippen LogP contribution is -2.47. The zero-order valence-corrected chi connectivity index (χ0v) is 42.4. The molecular weight excluding hydrogens is 977 g/mol. The van der Waals surface area contributed by atoms with Crippen LogP contribution in [0.25, 0.3) is 0 Å². The smallest absolute Gasteiger partial charge is 0.407 e. The van der Waals surface area contributed by atoms with Crippen molar-refractivity contribution >= 4 is 59.1 Å². The van der Waals surface area contributed by atoms with Gasteiger partial charge in [0.2, 0.25) is 11.8 Å². The molecule has 392 valence electrons. The van der Waals surface area contributed by atoms with Crippen LogP contribution in [-0.4, -0.2) is 145 Å². The van der Waals surface area contributed by atoms with E-state index in [4.69, 9.17) is 40.3 Å². The second kappa shape index (κ2) is 29.0. The van der Waals surface area contributed by atoms with Gasteiger partial charge in [0.05, 0.1) is 89.5 Å². The summed E-state index contributed by atoms with van der Waals surface area (Å²) < 4.78 is 43.3. The number of urea groups is 1. The molecule has 5 atom stereocenters. The number of aromatic nitrogens is 4. The second-order valence-electron chi connectivity index (χ2n) is 17.7. The van der Waals surface area contributed by atoms with E-state index in [0.717, 1.165) is 24.7 Å². The number of hydrogen-bond donors (Lipinski definition) is 6. The van der Waals surface area contributed by atoms with Crippen LogP contribution in [0.5, 0.6) is 0 Å². The minimum Gasteiger partial charge on any atom is -0.466 e. The van der Waals surface area contributed by atoms with E-state index in [1.54, 1.807) is 35.4 Å². The van der Waals surface area contributed by atoms with E-state index in [-0.39, 0.29) is 85.8 Å². The van der Waals surface area contributed by atoms with Crippen molar-refractivity contribution in [3.8, 4) is 0 Å². The Labute approximate surface area is 427 Å². The standard InChI is InChI=1S/C48H65ClFN11O10S/c1-30(2)26-71-48(66)53-15-7-6-8-36(54-40(62)10-5-4-9-39-43-38(29-72-39)56-47(65)58-43)45(63)52-18-20-68-22-23-69-21-19-61-25-33(59-60-61)27-70-28-37-41(46(64)67-3)42(34-12-11-32(50)24-35(34)49)57-44(55-37)31-13-16-51-17-14-31/h11-14,16-17,24-25,30,36,38-39,42-43H,4-10,15,18-23,26-29H2,1-3H3,(H,52,63)(H,53,66)(H,54,62)(H,55,57)(H2,56,58,65)/t36-,38-,39-,42?,43-/m0/s1. The molecule has 2 aromatic heterocycles. The van der Waals surface area contributed by atoms with Crippen LogP contribution < -0.4 is 31.9 Å². The number of benzene rings is 1. The molecule has 6 N–H and O–H groups in total. The summed E-state index contributed by atoms with van der Waals surface area (Å²) in [5.74, 6) is -0.189. The fourth-order valence-corrected chi connectivity index (χ4v) is 9.87. The normalized spacial score (nSPS) is 18.6. The van der Waals surface area contributed by atoms with Gasteiger partial charge >= 0.3 is 18.1 Å². The molecule has 0 spiro atoms. The number of carbonyl (C=O) groups excluding carboxylic acids is 5. The van der Waals surface area contributed by atoms with E-state index in [1.807, 2.05) is 25.6 Å². The number of carbonyl (C=O) groups is 5. The number of aliphatic imine (C=N–C) groups is 1. The minimum absolute atomic E-state index is 0.0539. The third-order valence-corrected chi connectivity index (χ3v) is 13.5. The van der Waals surface area contributed by atoms with Crippen LogP contribution in [0.4, 0.5) is 14.0 Å². The summed E-state index contributed by atoms with van der Waals surface area (Å²) in [5.41, 5.74) is 2.16. The highest BCUT2D eigenvalue weighted by Gasteiger charge is 2.42. The molecule has 0 aliphatic carbocycles. The van der Waals surface area contributed by atoms with Crippen molar-refractivity contribution in [1.29, 1.82) is 0 Å². The van der Waals surface area contributed by atoms with Gasteiger partial charge in [-0.2, -0.15) is 11.8 Å². The third-order valence-electron chi connectivity index (χ3n) is 11.7. The number of amides is 5. The molecule has 1 aromatic carbocycles. The summed E-state index contributed by atoms with van der Waals surface area (Å²) in [6.07, 6.45) is 8.67. The van der Waals surface area contributed by atoms with Crippen LogP contribution in [0.15, 0.2) is 65.2 Å². The van der Waals surface area contributed by atoms with Gasteiger partial charge in [-0.25, -0.2) is 23.5 Å². The average molecular weight is 1040 g/mol. The van der Waals surface area contributed by atoms with Gasteiger partial charge < -0.3 is 55.6 Å². The van der Waals surface area contributed by atoms with Crippen molar-refractivity contribution in [2.45, 2.75) is 101 Å². The number of nitrogens with zero attached hydrogens (tertiary/aromatic N) is 5. The van der Waals surface area contributed by atoms with Gasteiger partial charge in [0, 0.05) is 59.1 Å². The molecule has 2 fully saturated rings. The third kappa shape index (κ3) is 17.4. The number of alkyl carbamates (subject to hydrolysis) is 1. The number of thioether (sulfide) groups is 1. The topological polar surface area (TPSA) is 260 Å². The summed E-state index contributed by atoms with van der Waals surface area (Å²) in [6.45, 7) is 6.35. The number of pyridine rings is 1. The van der Waals surface area contributed by atoms with Crippen molar-refractivity contribution in [3.05, 3.63) is 87.9 Å². The molecule has 21 nitrogen and oxygen atoms in total. The quantitative estimate of drug-likeness (QED) is 0.0312. The first-order chi connectivity index (χ1) is 34.9. The molecule has 5 heterocycles. The maximum absolute atomic E-state index is 14.0. The van der Waals surface area contributed by atoms with Crippen molar-refractivity contribution in [2.75, 3.05) is 65.6 Å². The summed E-state index contributed by atoms with van der Waals surface area (Å²) >= 11 is 8.30. The number of esters is 1. The highest BCUT2D eigenvalue weighted by Crippen LogP contribution is 2.37. The molecule has 3 aromatic rings. The summed E-state index contributed by atoms with van der Waals surface area (Å²) in [4.78, 5) is 72.0. The van der Waals surface area contributed by atoms with Gasteiger partial charge in [-0.05, 0) is 62.3 Å². The van der Waals surface area contributed by atoms with E-state index in [0.29, 0.717) is 92.2 Å². The second-order valence-corrected chi connectivity index (χ2v) is 19.4. The van der Waals surface area contributed by atoms with Crippen molar-refractivity contribution < 1.29 is 52.0 Å². The molecule has 6 rings (SSSR count). The summed E-state index contributed by atoms with van der Waals surface area (Å²) in [7, 11) is 1.26. The molecule has 72 heavy (non-hydrogen) atoms. The summed E-state index contributed by atoms with van der Waals surface area (Å²) in [6, 6.07) is 5.87. The monoisotopic (exact) mass is 1040 g/mol. The van der Waals surface area contributed by atoms with Crippen LogP contribution in [0.2, 0.25) is 5.02 Å². The maximum Gasteiger partial charge on any atom is 0.407 e. The SMILES string of the molecule is COC(=O)C1=C(COCc2cn(CCOCCOCCNC(=O)[C@H](CCCCNC(=O)OCC(C)C)NC(=O)CCCC[C@@H]3SC[C@@H]4NC(=O)N[C@@H]43)nn2)NC(c2ccncc2)=NC1c1ccc(F)cc1Cl. The van der Waals surface area contributed by atoms with Gasteiger partial charge in [0.1, 0.15) is 29.4 Å². The van der Waals surface area contributed by atoms with Crippen molar-refractivity contribution in [2.24, 2.45) is 10.9 Å². The van der Waals surface area contributed by atoms with Gasteiger partial charge in [0.25, 0.3) is 0 Å². The molecule has 24 heteroatoms. The molecule has 5 amide bonds. The van der Waals surface area contributed by atoms with Gasteiger partial charge in [-0.3, -0.25) is 19.6 Å². The van der Waals surface area contributed by atoms with Crippen LogP contribution in [-0.2, 0) is 51.2 Å². The van der Waals surface area contributed by atoms with E-state index >= 15 is 0 Å². The Kier molecular flexibility index (Phi) is 22.3. The number of hydrogen-bond acceptors (Lipinski definition) is 16. The Bertz CT molecular complexity index is 2340. The van der Waals surface area contributed by atoms with E-state index in [1.165, 1.54) is 19.2 Å². The predicted octanol–water partition coefficient (Wildman–Crippen LogP) is 4.11. The lowest BCUT2D eigenvalue weighted by atomic mass is 9.95. The number of fused-ring (bicyclic) bond motifs is 1. The minimum atomic E-state index is -0.926. The largest absolute Gasteiger partial charge is 0.466 e. The van der Waals surface area contributed by atoms with E-state index in [2.05, 4.69) is 47.2 Å². The summed E-state index contributed by atoms with van der Waals surface area (Å²) in [5, 5.41) is 26.4. The lowest BCUT2D eigenvalue weighted by Gasteiger charge is -2.28. The zero-order valence-electron chi connectivity index (χ0n) is 40.8.